The van der Waals surface area contributed by atoms with Gasteiger partial charge >= 0.3 is 0 Å². The van der Waals surface area contributed by atoms with Crippen LogP contribution in [-0.4, -0.2) is 24.0 Å². The van der Waals surface area contributed by atoms with Crippen LogP contribution in [0, 0.1) is 23.6 Å². The quantitative estimate of drug-likeness (QED) is 0.859. The van der Waals surface area contributed by atoms with E-state index in [1.165, 1.54) is 18.9 Å². The number of rotatable bonds is 3. The molecule has 1 aromatic rings. The molecule has 2 nitrogen and oxygen atoms in total. The lowest BCUT2D eigenvalue weighted by Crippen LogP contribution is -2.33. The lowest BCUT2D eigenvalue weighted by molar-refractivity contribution is 0.196. The topological polar surface area (TPSA) is 29.3 Å². The largest absolute Gasteiger partial charge is 0.320 e. The highest BCUT2D eigenvalue weighted by atomic mass is 19.1. The molecule has 0 saturated carbocycles. The summed E-state index contributed by atoms with van der Waals surface area (Å²) < 4.78 is 14.1. The minimum absolute atomic E-state index is 0.164. The average molecular weight is 274 g/mol. The molecule has 108 valence electrons. The molecule has 0 spiro atoms. The predicted molar refractivity (Wildman–Crippen MR) is 80.6 cm³/mol. The van der Waals surface area contributed by atoms with E-state index in [9.17, 15) is 4.39 Å². The minimum atomic E-state index is -0.164. The van der Waals surface area contributed by atoms with E-state index in [1.54, 1.807) is 0 Å². The first kappa shape index (κ1) is 15.0. The Morgan fingerprint density at radius 3 is 2.90 bits per heavy atom. The molecule has 1 unspecified atom stereocenters. The summed E-state index contributed by atoms with van der Waals surface area (Å²) in [6.07, 6.45) is 2.43. The van der Waals surface area contributed by atoms with Gasteiger partial charge < -0.3 is 5.73 Å². The zero-order chi connectivity index (χ0) is 14.5. The van der Waals surface area contributed by atoms with Crippen molar-refractivity contribution in [1.82, 2.24) is 4.90 Å². The van der Waals surface area contributed by atoms with Crippen molar-refractivity contribution >= 4 is 0 Å². The Morgan fingerprint density at radius 1 is 1.45 bits per heavy atom. The molecule has 0 radical (unpaired) electrons. The number of hydrogen-bond donors (Lipinski definition) is 1. The van der Waals surface area contributed by atoms with E-state index in [-0.39, 0.29) is 5.82 Å². The van der Waals surface area contributed by atoms with E-state index in [2.05, 4.69) is 30.6 Å². The number of nitrogens with two attached hydrogens (primary N) is 1. The molecule has 0 amide bonds. The van der Waals surface area contributed by atoms with E-state index in [4.69, 9.17) is 5.73 Å². The Balaban J connectivity index is 2.10. The summed E-state index contributed by atoms with van der Waals surface area (Å²) in [4.78, 5) is 2.40. The number of nitrogens with zero attached hydrogens (tertiary/aromatic N) is 1. The third kappa shape index (κ3) is 3.59. The first-order chi connectivity index (χ1) is 9.61. The first-order valence-corrected chi connectivity index (χ1v) is 7.33. The standard InChI is InChI=1S/C17H23FN2/c1-13(2)17-6-4-10-20(17)12-15-8-7-14(5-3-9-19)11-16(15)18/h7-8,11,13,17H,4,6,9-10,12,19H2,1-2H3. The molecule has 3 heteroatoms. The summed E-state index contributed by atoms with van der Waals surface area (Å²) in [6, 6.07) is 5.82. The van der Waals surface area contributed by atoms with Gasteiger partial charge in [-0.05, 0) is 37.4 Å². The predicted octanol–water partition coefficient (Wildman–Crippen LogP) is 2.76. The van der Waals surface area contributed by atoms with Gasteiger partial charge in [0.1, 0.15) is 5.82 Å². The molecule has 0 aliphatic carbocycles. The Kier molecular flexibility index (Phi) is 5.17. The van der Waals surface area contributed by atoms with Gasteiger partial charge in [0.2, 0.25) is 0 Å². The third-order valence-electron chi connectivity index (χ3n) is 3.95. The Morgan fingerprint density at radius 2 is 2.25 bits per heavy atom. The first-order valence-electron chi connectivity index (χ1n) is 7.33. The number of likely N-dealkylation sites (tertiary alicyclic amines) is 1. The van der Waals surface area contributed by atoms with Crippen LogP contribution in [0.5, 0.6) is 0 Å². The van der Waals surface area contributed by atoms with Crippen LogP contribution < -0.4 is 5.73 Å². The van der Waals surface area contributed by atoms with E-state index in [0.717, 1.165) is 12.1 Å². The second-order valence-electron chi connectivity index (χ2n) is 5.74. The van der Waals surface area contributed by atoms with Crippen LogP contribution in [-0.2, 0) is 6.54 Å². The third-order valence-corrected chi connectivity index (χ3v) is 3.95. The summed E-state index contributed by atoms with van der Waals surface area (Å²) in [6.45, 7) is 6.54. The molecular weight excluding hydrogens is 251 g/mol. The Bertz CT molecular complexity index is 513. The van der Waals surface area contributed by atoms with Crippen LogP contribution in [0.4, 0.5) is 4.39 Å². The van der Waals surface area contributed by atoms with Crippen molar-refractivity contribution in [2.45, 2.75) is 39.3 Å². The van der Waals surface area contributed by atoms with Crippen molar-refractivity contribution in [2.24, 2.45) is 11.7 Å². The SMILES string of the molecule is CC(C)C1CCCN1Cc1ccc(C#CCN)cc1F. The molecule has 20 heavy (non-hydrogen) atoms. The van der Waals surface area contributed by atoms with Gasteiger partial charge in [-0.15, -0.1) is 0 Å². The number of halogens is 1. The molecule has 1 aliphatic rings. The van der Waals surface area contributed by atoms with E-state index in [0.29, 0.717) is 30.6 Å². The van der Waals surface area contributed by atoms with Gasteiger partial charge in [0.25, 0.3) is 0 Å². The summed E-state index contributed by atoms with van der Waals surface area (Å²) >= 11 is 0. The zero-order valence-corrected chi connectivity index (χ0v) is 12.3. The van der Waals surface area contributed by atoms with Crippen LogP contribution in [0.15, 0.2) is 18.2 Å². The van der Waals surface area contributed by atoms with Gasteiger partial charge in [-0.2, -0.15) is 0 Å². The number of benzene rings is 1. The molecule has 1 aliphatic heterocycles. The molecular formula is C17H23FN2. The van der Waals surface area contributed by atoms with Gasteiger partial charge in [0.15, 0.2) is 0 Å². The maximum Gasteiger partial charge on any atom is 0.128 e. The van der Waals surface area contributed by atoms with Gasteiger partial charge in [-0.25, -0.2) is 4.39 Å². The fourth-order valence-electron chi connectivity index (χ4n) is 2.93. The van der Waals surface area contributed by atoms with Crippen molar-refractivity contribution in [1.29, 1.82) is 0 Å². The highest BCUT2D eigenvalue weighted by Crippen LogP contribution is 2.26. The minimum Gasteiger partial charge on any atom is -0.320 e. The van der Waals surface area contributed by atoms with Crippen molar-refractivity contribution in [3.63, 3.8) is 0 Å². The van der Waals surface area contributed by atoms with E-state index < -0.39 is 0 Å². The van der Waals surface area contributed by atoms with Crippen LogP contribution in [0.25, 0.3) is 0 Å². The Labute approximate surface area is 121 Å². The maximum atomic E-state index is 14.1. The average Bonchev–Trinajstić information content (AvgIpc) is 2.87. The normalized spacial score (nSPS) is 19.1. The second-order valence-corrected chi connectivity index (χ2v) is 5.74. The molecule has 0 bridgehead atoms. The van der Waals surface area contributed by atoms with E-state index in [1.807, 2.05) is 12.1 Å². The van der Waals surface area contributed by atoms with Crippen molar-refractivity contribution < 1.29 is 4.39 Å². The van der Waals surface area contributed by atoms with Gasteiger partial charge in [0.05, 0.1) is 6.54 Å². The zero-order valence-electron chi connectivity index (χ0n) is 12.3. The summed E-state index contributed by atoms with van der Waals surface area (Å²) in [7, 11) is 0. The van der Waals surface area contributed by atoms with Crippen LogP contribution in [0.2, 0.25) is 0 Å². The Hall–Kier alpha value is -1.37. The van der Waals surface area contributed by atoms with Crippen molar-refractivity contribution in [3.05, 3.63) is 35.1 Å². The molecule has 2 N–H and O–H groups in total. The summed E-state index contributed by atoms with van der Waals surface area (Å²) in [5.41, 5.74) is 6.78. The smallest absolute Gasteiger partial charge is 0.128 e. The van der Waals surface area contributed by atoms with Gasteiger partial charge in [0, 0.05) is 23.7 Å². The lowest BCUT2D eigenvalue weighted by atomic mass is 10.0. The second kappa shape index (κ2) is 6.88. The highest BCUT2D eigenvalue weighted by Gasteiger charge is 2.27. The fourth-order valence-corrected chi connectivity index (χ4v) is 2.93. The molecule has 1 aromatic carbocycles. The highest BCUT2D eigenvalue weighted by molar-refractivity contribution is 5.37. The molecule has 2 rings (SSSR count). The molecule has 1 heterocycles. The fraction of sp³-hybridized carbons (Fsp3) is 0.529. The van der Waals surface area contributed by atoms with Crippen LogP contribution in [0.1, 0.15) is 37.8 Å². The van der Waals surface area contributed by atoms with Crippen LogP contribution in [0.3, 0.4) is 0 Å². The summed E-state index contributed by atoms with van der Waals surface area (Å²) in [5, 5.41) is 0. The molecule has 1 fully saturated rings. The van der Waals surface area contributed by atoms with E-state index >= 15 is 0 Å². The molecule has 1 saturated heterocycles. The maximum absolute atomic E-state index is 14.1. The van der Waals surface area contributed by atoms with Crippen molar-refractivity contribution in [3.8, 4) is 11.8 Å². The van der Waals surface area contributed by atoms with Crippen LogP contribution >= 0.6 is 0 Å². The molecule has 0 aromatic heterocycles. The monoisotopic (exact) mass is 274 g/mol. The van der Waals surface area contributed by atoms with Gasteiger partial charge in [-0.3, -0.25) is 4.90 Å². The number of hydrogen-bond acceptors (Lipinski definition) is 2. The summed E-state index contributed by atoms with van der Waals surface area (Å²) in [5.74, 6) is 6.07. The molecule has 1 atom stereocenters. The van der Waals surface area contributed by atoms with Gasteiger partial charge in [-0.1, -0.05) is 31.8 Å². The van der Waals surface area contributed by atoms with Crippen molar-refractivity contribution in [2.75, 3.05) is 13.1 Å². The lowest BCUT2D eigenvalue weighted by Gasteiger charge is -2.27.